The predicted octanol–water partition coefficient (Wildman–Crippen LogP) is 2.69. The van der Waals surface area contributed by atoms with Crippen molar-refractivity contribution in [2.24, 2.45) is 0 Å². The Morgan fingerprint density at radius 3 is 2.55 bits per heavy atom. The van der Waals surface area contributed by atoms with Crippen LogP contribution in [0.2, 0.25) is 10.0 Å². The van der Waals surface area contributed by atoms with Crippen LogP contribution in [0.1, 0.15) is 16.8 Å². The fourth-order valence-corrected chi connectivity index (χ4v) is 2.65. The summed E-state index contributed by atoms with van der Waals surface area (Å²) >= 11 is 11.7. The Balaban J connectivity index is 2.99. The van der Waals surface area contributed by atoms with Crippen LogP contribution in [0.25, 0.3) is 0 Å². The van der Waals surface area contributed by atoms with Gasteiger partial charge in [-0.1, -0.05) is 23.2 Å². The van der Waals surface area contributed by atoms with Gasteiger partial charge in [-0.15, -0.1) is 0 Å². The molecule has 0 aliphatic carbocycles. The minimum absolute atomic E-state index is 0.0278. The number of benzene rings is 1. The second kappa shape index (κ2) is 7.47. The molecule has 1 aromatic carbocycles. The molecule has 1 N–H and O–H groups in total. The molecule has 0 heterocycles. The molecule has 0 saturated heterocycles. The van der Waals surface area contributed by atoms with E-state index in [1.165, 1.54) is 0 Å². The number of hydrogen-bond acceptors (Lipinski definition) is 4. The fraction of sp³-hybridized carbons (Fsp3) is 0.364. The molecule has 0 aromatic heterocycles. The summed E-state index contributed by atoms with van der Waals surface area (Å²) in [5.41, 5.74) is -0.0455. The fourth-order valence-electron chi connectivity index (χ4n) is 1.38. The Kier molecular flexibility index (Phi) is 6.54. The van der Waals surface area contributed by atoms with Gasteiger partial charge in [0.2, 0.25) is 0 Å². The molecule has 9 heteroatoms. The molecular formula is C11H12Cl3NO4S. The minimum atomic E-state index is -4.00. The molecule has 1 rings (SSSR count). The number of amides is 1. The average molecular weight is 361 g/mol. The van der Waals surface area contributed by atoms with Gasteiger partial charge in [-0.25, -0.2) is 8.42 Å². The first-order chi connectivity index (χ1) is 9.27. The zero-order valence-electron chi connectivity index (χ0n) is 10.5. The molecule has 0 bridgehead atoms. The molecule has 0 atom stereocenters. The first-order valence-corrected chi connectivity index (χ1v) is 8.54. The van der Waals surface area contributed by atoms with E-state index in [0.717, 1.165) is 12.1 Å². The predicted molar refractivity (Wildman–Crippen MR) is 78.3 cm³/mol. The lowest BCUT2D eigenvalue weighted by Gasteiger charge is -2.09. The number of nitrogens with one attached hydrogen (secondary N) is 1. The van der Waals surface area contributed by atoms with E-state index in [0.29, 0.717) is 19.6 Å². The van der Waals surface area contributed by atoms with E-state index < -0.39 is 15.0 Å². The first kappa shape index (κ1) is 17.5. The maximum Gasteiger partial charge on any atom is 0.261 e. The number of carbonyl (C=O) groups is 1. The molecule has 1 aromatic rings. The molecule has 5 nitrogen and oxygen atoms in total. The van der Waals surface area contributed by atoms with E-state index in [9.17, 15) is 13.2 Å². The van der Waals surface area contributed by atoms with Crippen LogP contribution in [0, 0.1) is 0 Å². The maximum absolute atomic E-state index is 11.9. The maximum atomic E-state index is 11.9. The zero-order valence-corrected chi connectivity index (χ0v) is 13.5. The molecule has 20 heavy (non-hydrogen) atoms. The van der Waals surface area contributed by atoms with Crippen LogP contribution in [0.4, 0.5) is 0 Å². The first-order valence-electron chi connectivity index (χ1n) is 5.48. The summed E-state index contributed by atoms with van der Waals surface area (Å²) in [4.78, 5) is 11.6. The van der Waals surface area contributed by atoms with Gasteiger partial charge in [0.25, 0.3) is 15.0 Å². The summed E-state index contributed by atoms with van der Waals surface area (Å²) in [6.07, 6.45) is 0.612. The minimum Gasteiger partial charge on any atom is -0.385 e. The van der Waals surface area contributed by atoms with E-state index in [-0.39, 0.29) is 20.5 Å². The van der Waals surface area contributed by atoms with Gasteiger partial charge in [0.15, 0.2) is 0 Å². The summed E-state index contributed by atoms with van der Waals surface area (Å²) < 4.78 is 27.4. The molecular weight excluding hydrogens is 349 g/mol. The third-order valence-corrected chi connectivity index (χ3v) is 4.47. The molecule has 112 valence electrons. The highest BCUT2D eigenvalue weighted by molar-refractivity contribution is 8.13. The van der Waals surface area contributed by atoms with Crippen molar-refractivity contribution in [3.8, 4) is 0 Å². The highest BCUT2D eigenvalue weighted by atomic mass is 35.7. The molecule has 0 fully saturated rings. The normalized spacial score (nSPS) is 11.4. The van der Waals surface area contributed by atoms with E-state index in [4.69, 9.17) is 38.6 Å². The lowest BCUT2D eigenvalue weighted by atomic mass is 10.2. The largest absolute Gasteiger partial charge is 0.385 e. The smallest absolute Gasteiger partial charge is 0.261 e. The lowest BCUT2D eigenvalue weighted by molar-refractivity contribution is 0.0948. The van der Waals surface area contributed by atoms with Crippen molar-refractivity contribution in [3.63, 3.8) is 0 Å². The zero-order chi connectivity index (χ0) is 15.3. The third kappa shape index (κ3) is 4.79. The Bertz CT molecular complexity index is 604. The summed E-state index contributed by atoms with van der Waals surface area (Å²) in [5.74, 6) is -0.532. The third-order valence-electron chi connectivity index (χ3n) is 2.34. The van der Waals surface area contributed by atoms with Gasteiger partial charge in [0.05, 0.1) is 20.5 Å². The average Bonchev–Trinajstić information content (AvgIpc) is 2.36. The molecule has 0 spiro atoms. The summed E-state index contributed by atoms with van der Waals surface area (Å²) in [5, 5.41) is 2.49. The monoisotopic (exact) mass is 359 g/mol. The standard InChI is InChI=1S/C11H12Cl3NO4S/c1-19-4-2-3-15-11(16)8-5-7(20(14,17)18)6-9(12)10(8)13/h5-6H,2-4H2,1H3,(H,15,16). The highest BCUT2D eigenvalue weighted by Crippen LogP contribution is 2.30. The van der Waals surface area contributed by atoms with Crippen molar-refractivity contribution in [2.45, 2.75) is 11.3 Å². The Morgan fingerprint density at radius 2 is 2.00 bits per heavy atom. The van der Waals surface area contributed by atoms with Crippen molar-refractivity contribution < 1.29 is 17.9 Å². The summed E-state index contributed by atoms with van der Waals surface area (Å²) in [7, 11) is 2.78. The molecule has 0 saturated carbocycles. The highest BCUT2D eigenvalue weighted by Gasteiger charge is 2.19. The topological polar surface area (TPSA) is 72.5 Å². The quantitative estimate of drug-likeness (QED) is 0.625. The van der Waals surface area contributed by atoms with Crippen LogP contribution in [-0.4, -0.2) is 34.6 Å². The van der Waals surface area contributed by atoms with Crippen LogP contribution >= 0.6 is 33.9 Å². The molecule has 0 aliphatic heterocycles. The van der Waals surface area contributed by atoms with Gasteiger partial charge in [-0.05, 0) is 18.6 Å². The number of ether oxygens (including phenoxy) is 1. The van der Waals surface area contributed by atoms with Crippen LogP contribution in [0.5, 0.6) is 0 Å². The second-order valence-corrected chi connectivity index (χ2v) is 7.16. The number of methoxy groups -OCH3 is 1. The van der Waals surface area contributed by atoms with Crippen molar-refractivity contribution in [2.75, 3.05) is 20.3 Å². The Labute approximate surface area is 131 Å². The number of rotatable bonds is 6. The van der Waals surface area contributed by atoms with Gasteiger partial charge >= 0.3 is 0 Å². The second-order valence-electron chi connectivity index (χ2n) is 3.81. The van der Waals surface area contributed by atoms with E-state index in [2.05, 4.69) is 5.32 Å². The van der Waals surface area contributed by atoms with Crippen LogP contribution in [0.3, 0.4) is 0 Å². The number of halogens is 3. The van der Waals surface area contributed by atoms with Gasteiger partial charge in [0, 0.05) is 30.9 Å². The number of carbonyl (C=O) groups excluding carboxylic acids is 1. The summed E-state index contributed by atoms with van der Waals surface area (Å²) in [6, 6.07) is 2.18. The van der Waals surface area contributed by atoms with Crippen LogP contribution in [-0.2, 0) is 13.8 Å². The number of hydrogen-bond donors (Lipinski definition) is 1. The Morgan fingerprint density at radius 1 is 1.35 bits per heavy atom. The van der Waals surface area contributed by atoms with Gasteiger partial charge in [-0.2, -0.15) is 0 Å². The summed E-state index contributed by atoms with van der Waals surface area (Å²) in [6.45, 7) is 0.851. The molecule has 1 amide bonds. The Hall–Kier alpha value is -0.530. The van der Waals surface area contributed by atoms with Crippen molar-refractivity contribution >= 4 is 48.8 Å². The van der Waals surface area contributed by atoms with E-state index in [1.807, 2.05) is 0 Å². The SMILES string of the molecule is COCCCNC(=O)c1cc(S(=O)(=O)Cl)cc(Cl)c1Cl. The van der Waals surface area contributed by atoms with Gasteiger partial charge in [-0.3, -0.25) is 4.79 Å². The van der Waals surface area contributed by atoms with Crippen molar-refractivity contribution in [1.29, 1.82) is 0 Å². The molecule has 0 aliphatic rings. The van der Waals surface area contributed by atoms with Crippen LogP contribution in [0.15, 0.2) is 17.0 Å². The van der Waals surface area contributed by atoms with E-state index in [1.54, 1.807) is 7.11 Å². The van der Waals surface area contributed by atoms with Crippen molar-refractivity contribution in [1.82, 2.24) is 5.32 Å². The van der Waals surface area contributed by atoms with Gasteiger partial charge < -0.3 is 10.1 Å². The van der Waals surface area contributed by atoms with Gasteiger partial charge in [0.1, 0.15) is 0 Å². The lowest BCUT2D eigenvalue weighted by Crippen LogP contribution is -2.25. The molecule has 0 radical (unpaired) electrons. The van der Waals surface area contributed by atoms with Crippen molar-refractivity contribution in [3.05, 3.63) is 27.7 Å². The van der Waals surface area contributed by atoms with Crippen LogP contribution < -0.4 is 5.32 Å². The van der Waals surface area contributed by atoms with E-state index >= 15 is 0 Å². The molecule has 0 unspecified atom stereocenters.